The number of carbonyl (C=O) groups is 2. The van der Waals surface area contributed by atoms with E-state index in [0.717, 1.165) is 0 Å². The zero-order chi connectivity index (χ0) is 16.8. The maximum absolute atomic E-state index is 12.0. The Balaban J connectivity index is 1.92. The number of anilines is 1. The number of benzene rings is 2. The van der Waals surface area contributed by atoms with Gasteiger partial charge in [0.15, 0.2) is 0 Å². The van der Waals surface area contributed by atoms with Gasteiger partial charge in [-0.15, -0.1) is 0 Å². The number of ether oxygens (including phenoxy) is 1. The van der Waals surface area contributed by atoms with E-state index >= 15 is 0 Å². The first-order valence-electron chi connectivity index (χ1n) is 6.66. The molecule has 0 spiro atoms. The van der Waals surface area contributed by atoms with Crippen molar-refractivity contribution in [1.29, 1.82) is 0 Å². The predicted molar refractivity (Wildman–Crippen MR) is 90.4 cm³/mol. The van der Waals surface area contributed by atoms with Crippen molar-refractivity contribution in [2.45, 2.75) is 0 Å². The van der Waals surface area contributed by atoms with Gasteiger partial charge in [0.1, 0.15) is 5.75 Å². The first kappa shape index (κ1) is 17.1. The van der Waals surface area contributed by atoms with Crippen LogP contribution < -0.4 is 15.4 Å². The number of hydrogen-bond acceptors (Lipinski definition) is 3. The molecule has 0 atom stereocenters. The second-order valence-corrected chi connectivity index (χ2v) is 5.49. The third-order valence-corrected chi connectivity index (χ3v) is 3.32. The van der Waals surface area contributed by atoms with Crippen molar-refractivity contribution in [2.24, 2.45) is 0 Å². The number of halogens is 2. The van der Waals surface area contributed by atoms with Crippen LogP contribution in [0.1, 0.15) is 10.4 Å². The van der Waals surface area contributed by atoms with Crippen LogP contribution in [0.3, 0.4) is 0 Å². The predicted octanol–water partition coefficient (Wildman–Crippen LogP) is 3.37. The van der Waals surface area contributed by atoms with Gasteiger partial charge in [-0.2, -0.15) is 0 Å². The highest BCUT2D eigenvalue weighted by atomic mass is 35.5. The van der Waals surface area contributed by atoms with Gasteiger partial charge in [0, 0.05) is 21.3 Å². The summed E-state index contributed by atoms with van der Waals surface area (Å²) in [4.78, 5) is 23.8. The van der Waals surface area contributed by atoms with Gasteiger partial charge in [-0.05, 0) is 36.4 Å². The molecule has 0 aliphatic rings. The van der Waals surface area contributed by atoms with Crippen LogP contribution in [0.2, 0.25) is 10.0 Å². The second kappa shape index (κ2) is 7.85. The molecule has 0 heterocycles. The highest BCUT2D eigenvalue weighted by molar-refractivity contribution is 6.35. The summed E-state index contributed by atoms with van der Waals surface area (Å²) < 4.78 is 5.05. The lowest BCUT2D eigenvalue weighted by Gasteiger charge is -2.08. The molecule has 7 heteroatoms. The Labute approximate surface area is 143 Å². The lowest BCUT2D eigenvalue weighted by molar-refractivity contribution is -0.115. The van der Waals surface area contributed by atoms with Crippen molar-refractivity contribution in [2.75, 3.05) is 19.0 Å². The number of rotatable bonds is 5. The molecule has 23 heavy (non-hydrogen) atoms. The van der Waals surface area contributed by atoms with E-state index in [2.05, 4.69) is 10.6 Å². The van der Waals surface area contributed by atoms with Gasteiger partial charge >= 0.3 is 0 Å². The summed E-state index contributed by atoms with van der Waals surface area (Å²) in [6.45, 7) is -0.180. The smallest absolute Gasteiger partial charge is 0.251 e. The van der Waals surface area contributed by atoms with Crippen LogP contribution in [0.5, 0.6) is 5.75 Å². The minimum Gasteiger partial charge on any atom is -0.497 e. The molecule has 0 aliphatic carbocycles. The Kier molecular flexibility index (Phi) is 5.84. The van der Waals surface area contributed by atoms with Crippen molar-refractivity contribution < 1.29 is 14.3 Å². The van der Waals surface area contributed by atoms with E-state index in [1.807, 2.05) is 0 Å². The Morgan fingerprint density at radius 2 is 1.78 bits per heavy atom. The molecule has 0 aliphatic heterocycles. The molecule has 0 unspecified atom stereocenters. The molecule has 0 radical (unpaired) electrons. The monoisotopic (exact) mass is 352 g/mol. The standard InChI is InChI=1S/C16H14Cl2N2O3/c1-23-14-4-2-3-10(5-14)16(22)19-9-15(21)20-13-7-11(17)6-12(18)8-13/h2-8H,9H2,1H3,(H,19,22)(H,20,21). The zero-order valence-corrected chi connectivity index (χ0v) is 13.7. The van der Waals surface area contributed by atoms with Gasteiger partial charge < -0.3 is 15.4 Å². The summed E-state index contributed by atoms with van der Waals surface area (Å²) in [5, 5.41) is 5.95. The fourth-order valence-corrected chi connectivity index (χ4v) is 2.38. The number of amides is 2. The molecule has 0 aromatic heterocycles. The van der Waals surface area contributed by atoms with Crippen molar-refractivity contribution in [3.05, 3.63) is 58.1 Å². The highest BCUT2D eigenvalue weighted by Gasteiger charge is 2.09. The van der Waals surface area contributed by atoms with E-state index in [1.54, 1.807) is 42.5 Å². The number of nitrogens with one attached hydrogen (secondary N) is 2. The first-order valence-corrected chi connectivity index (χ1v) is 7.42. The topological polar surface area (TPSA) is 67.4 Å². The molecule has 0 saturated heterocycles. The van der Waals surface area contributed by atoms with Gasteiger partial charge in [0.25, 0.3) is 5.91 Å². The molecular weight excluding hydrogens is 339 g/mol. The molecule has 2 aromatic rings. The van der Waals surface area contributed by atoms with Crippen molar-refractivity contribution in [3.8, 4) is 5.75 Å². The first-order chi connectivity index (χ1) is 11.0. The van der Waals surface area contributed by atoms with Crippen LogP contribution in [0, 0.1) is 0 Å². The number of carbonyl (C=O) groups excluding carboxylic acids is 2. The molecule has 0 fully saturated rings. The maximum atomic E-state index is 12.0. The molecule has 0 bridgehead atoms. The normalized spacial score (nSPS) is 10.0. The van der Waals surface area contributed by atoms with Crippen LogP contribution in [0.25, 0.3) is 0 Å². The molecule has 2 aromatic carbocycles. The number of hydrogen-bond donors (Lipinski definition) is 2. The zero-order valence-electron chi connectivity index (χ0n) is 12.2. The van der Waals surface area contributed by atoms with Crippen LogP contribution in [0.4, 0.5) is 5.69 Å². The average molecular weight is 353 g/mol. The highest BCUT2D eigenvalue weighted by Crippen LogP contribution is 2.22. The second-order valence-electron chi connectivity index (χ2n) is 4.62. The van der Waals surface area contributed by atoms with E-state index in [0.29, 0.717) is 27.0 Å². The summed E-state index contributed by atoms with van der Waals surface area (Å²) in [5.41, 5.74) is 0.867. The molecule has 2 rings (SSSR count). The summed E-state index contributed by atoms with van der Waals surface area (Å²) in [5.74, 6) is -0.196. The maximum Gasteiger partial charge on any atom is 0.251 e. The van der Waals surface area contributed by atoms with Crippen molar-refractivity contribution in [3.63, 3.8) is 0 Å². The van der Waals surface area contributed by atoms with E-state index in [1.165, 1.54) is 7.11 Å². The molecule has 2 amide bonds. The van der Waals surface area contributed by atoms with Gasteiger partial charge in [-0.3, -0.25) is 9.59 Å². The lowest BCUT2D eigenvalue weighted by atomic mass is 10.2. The van der Waals surface area contributed by atoms with Gasteiger partial charge in [-0.25, -0.2) is 0 Å². The Morgan fingerprint density at radius 3 is 2.43 bits per heavy atom. The van der Waals surface area contributed by atoms with Crippen LogP contribution in [0.15, 0.2) is 42.5 Å². The lowest BCUT2D eigenvalue weighted by Crippen LogP contribution is -2.32. The van der Waals surface area contributed by atoms with E-state index < -0.39 is 0 Å². The largest absolute Gasteiger partial charge is 0.497 e. The molecule has 120 valence electrons. The number of methoxy groups -OCH3 is 1. The van der Waals surface area contributed by atoms with Crippen LogP contribution in [-0.4, -0.2) is 25.5 Å². The van der Waals surface area contributed by atoms with Crippen molar-refractivity contribution in [1.82, 2.24) is 5.32 Å². The SMILES string of the molecule is COc1cccc(C(=O)NCC(=O)Nc2cc(Cl)cc(Cl)c2)c1. The molecule has 5 nitrogen and oxygen atoms in total. The third-order valence-electron chi connectivity index (χ3n) is 2.89. The van der Waals surface area contributed by atoms with Crippen molar-refractivity contribution >= 4 is 40.7 Å². The van der Waals surface area contributed by atoms with E-state index in [9.17, 15) is 9.59 Å². The average Bonchev–Trinajstić information content (AvgIpc) is 2.51. The van der Waals surface area contributed by atoms with Gasteiger partial charge in [0.2, 0.25) is 5.91 Å². The van der Waals surface area contributed by atoms with Crippen LogP contribution >= 0.6 is 23.2 Å². The van der Waals surface area contributed by atoms with E-state index in [4.69, 9.17) is 27.9 Å². The summed E-state index contributed by atoms with van der Waals surface area (Å²) in [6.07, 6.45) is 0. The summed E-state index contributed by atoms with van der Waals surface area (Å²) >= 11 is 11.7. The third kappa shape index (κ3) is 5.16. The molecular formula is C16H14Cl2N2O3. The summed E-state index contributed by atoms with van der Waals surface area (Å²) in [6, 6.07) is 11.3. The van der Waals surface area contributed by atoms with Gasteiger partial charge in [0.05, 0.1) is 13.7 Å². The minimum absolute atomic E-state index is 0.180. The Hall–Kier alpha value is -2.24. The fraction of sp³-hybridized carbons (Fsp3) is 0.125. The van der Waals surface area contributed by atoms with Gasteiger partial charge in [-0.1, -0.05) is 29.3 Å². The van der Waals surface area contributed by atoms with Crippen LogP contribution in [-0.2, 0) is 4.79 Å². The minimum atomic E-state index is -0.389. The summed E-state index contributed by atoms with van der Waals surface area (Å²) in [7, 11) is 1.51. The fourth-order valence-electron chi connectivity index (χ4n) is 1.86. The molecule has 0 saturated carbocycles. The molecule has 2 N–H and O–H groups in total. The Morgan fingerprint density at radius 1 is 1.09 bits per heavy atom. The van der Waals surface area contributed by atoms with E-state index in [-0.39, 0.29) is 18.4 Å². The quantitative estimate of drug-likeness (QED) is 0.866. The Bertz CT molecular complexity index is 715.